The average Bonchev–Trinajstić information content (AvgIpc) is 2.96. The summed E-state index contributed by atoms with van der Waals surface area (Å²) >= 11 is 0. The number of likely N-dealkylation sites (tertiary alicyclic amines) is 1. The van der Waals surface area contributed by atoms with E-state index in [1.807, 2.05) is 37.4 Å². The van der Waals surface area contributed by atoms with Crippen molar-refractivity contribution >= 4 is 5.97 Å². The number of nitrogens with zero attached hydrogens (tertiary/aromatic N) is 2. The molecule has 22 heavy (non-hydrogen) atoms. The summed E-state index contributed by atoms with van der Waals surface area (Å²) in [6, 6.07) is 11.3. The summed E-state index contributed by atoms with van der Waals surface area (Å²) in [6.45, 7) is 2.95. The van der Waals surface area contributed by atoms with Crippen molar-refractivity contribution in [2.45, 2.75) is 25.8 Å². The average molecular weight is 296 g/mol. The Morgan fingerprint density at radius 3 is 2.77 bits per heavy atom. The first-order valence-electron chi connectivity index (χ1n) is 7.59. The van der Waals surface area contributed by atoms with Gasteiger partial charge in [-0.1, -0.05) is 18.2 Å². The molecule has 1 aliphatic heterocycles. The van der Waals surface area contributed by atoms with Crippen LogP contribution in [0.3, 0.4) is 0 Å². The molecule has 4 heteroatoms. The molecule has 1 fully saturated rings. The number of aromatic nitrogens is 1. The van der Waals surface area contributed by atoms with Crippen molar-refractivity contribution in [1.82, 2.24) is 9.88 Å². The van der Waals surface area contributed by atoms with Crippen molar-refractivity contribution in [3.8, 4) is 5.75 Å². The second-order valence-corrected chi connectivity index (χ2v) is 5.75. The molecule has 1 saturated heterocycles. The molecular weight excluding hydrogens is 276 g/mol. The molecule has 1 aromatic carbocycles. The number of carbonyl (C=O) groups is 1. The van der Waals surface area contributed by atoms with Gasteiger partial charge >= 0.3 is 5.97 Å². The molecule has 114 valence electrons. The van der Waals surface area contributed by atoms with Crippen LogP contribution in [0.5, 0.6) is 5.75 Å². The van der Waals surface area contributed by atoms with Crippen LogP contribution in [0.1, 0.15) is 40.5 Å². The molecule has 0 aliphatic carbocycles. The van der Waals surface area contributed by atoms with Crippen LogP contribution in [0.4, 0.5) is 0 Å². The first-order chi connectivity index (χ1) is 10.6. The lowest BCUT2D eigenvalue weighted by Gasteiger charge is -2.20. The van der Waals surface area contributed by atoms with Crippen molar-refractivity contribution < 1.29 is 9.53 Å². The minimum atomic E-state index is -0.345. The number of aryl methyl sites for hydroxylation is 1. The number of esters is 1. The van der Waals surface area contributed by atoms with E-state index in [1.165, 1.54) is 6.42 Å². The Morgan fingerprint density at radius 1 is 1.32 bits per heavy atom. The van der Waals surface area contributed by atoms with Crippen LogP contribution in [0, 0.1) is 6.92 Å². The molecule has 0 radical (unpaired) electrons. The summed E-state index contributed by atoms with van der Waals surface area (Å²) in [6.07, 6.45) is 4.20. The number of hydrogen-bond acceptors (Lipinski definition) is 4. The van der Waals surface area contributed by atoms with Crippen LogP contribution in [-0.4, -0.2) is 29.4 Å². The Hall–Kier alpha value is -2.20. The number of pyridine rings is 1. The summed E-state index contributed by atoms with van der Waals surface area (Å²) in [5.74, 6) is 0.203. The molecule has 0 N–H and O–H groups in total. The Labute approximate surface area is 130 Å². The molecule has 1 aliphatic rings. The zero-order valence-electron chi connectivity index (χ0n) is 13.0. The Balaban J connectivity index is 1.83. The van der Waals surface area contributed by atoms with Gasteiger partial charge in [0.1, 0.15) is 0 Å². The van der Waals surface area contributed by atoms with Gasteiger partial charge in [-0.15, -0.1) is 0 Å². The van der Waals surface area contributed by atoms with Gasteiger partial charge in [-0.3, -0.25) is 9.88 Å². The zero-order chi connectivity index (χ0) is 15.5. The van der Waals surface area contributed by atoms with Crippen LogP contribution >= 0.6 is 0 Å². The Bertz CT molecular complexity index is 670. The van der Waals surface area contributed by atoms with Gasteiger partial charge in [-0.2, -0.15) is 0 Å². The molecular formula is C18H20N2O2. The van der Waals surface area contributed by atoms with Gasteiger partial charge < -0.3 is 4.74 Å². The number of ether oxygens (including phenoxy) is 1. The molecule has 0 bridgehead atoms. The molecule has 1 aromatic heterocycles. The molecule has 2 heterocycles. The van der Waals surface area contributed by atoms with E-state index in [2.05, 4.69) is 16.9 Å². The van der Waals surface area contributed by atoms with Crippen molar-refractivity contribution in [3.05, 3.63) is 59.4 Å². The highest BCUT2D eigenvalue weighted by Crippen LogP contribution is 2.32. The van der Waals surface area contributed by atoms with Gasteiger partial charge in [0, 0.05) is 12.2 Å². The minimum absolute atomic E-state index is 0.345. The van der Waals surface area contributed by atoms with Gasteiger partial charge in [-0.05, 0) is 57.1 Å². The standard InChI is InChI=1S/C18H20N2O2/c1-13-17(22-18(21)14-7-4-3-5-8-14)11-15(12-19-13)16-9-6-10-20(16)2/h3-5,7-8,11-12,16H,6,9-10H2,1-2H3. The zero-order valence-corrected chi connectivity index (χ0v) is 13.0. The highest BCUT2D eigenvalue weighted by atomic mass is 16.5. The molecule has 1 atom stereocenters. The molecule has 1 unspecified atom stereocenters. The molecule has 4 nitrogen and oxygen atoms in total. The van der Waals surface area contributed by atoms with Gasteiger partial charge in [0.05, 0.1) is 11.3 Å². The summed E-state index contributed by atoms with van der Waals surface area (Å²) in [5, 5.41) is 0. The van der Waals surface area contributed by atoms with E-state index >= 15 is 0 Å². The fourth-order valence-corrected chi connectivity index (χ4v) is 2.88. The normalized spacial score (nSPS) is 18.4. The number of hydrogen-bond donors (Lipinski definition) is 0. The van der Waals surface area contributed by atoms with Crippen LogP contribution < -0.4 is 4.74 Å². The second-order valence-electron chi connectivity index (χ2n) is 5.75. The highest BCUT2D eigenvalue weighted by molar-refractivity contribution is 5.91. The van der Waals surface area contributed by atoms with Crippen LogP contribution in [0.2, 0.25) is 0 Å². The largest absolute Gasteiger partial charge is 0.421 e. The first kappa shape index (κ1) is 14.7. The molecule has 0 saturated carbocycles. The van der Waals surface area contributed by atoms with Gasteiger partial charge in [0.15, 0.2) is 5.75 Å². The summed E-state index contributed by atoms with van der Waals surface area (Å²) in [4.78, 5) is 18.9. The van der Waals surface area contributed by atoms with Crippen molar-refractivity contribution in [2.24, 2.45) is 0 Å². The van der Waals surface area contributed by atoms with E-state index in [0.717, 1.165) is 24.2 Å². The van der Waals surface area contributed by atoms with E-state index in [1.54, 1.807) is 12.1 Å². The third-order valence-electron chi connectivity index (χ3n) is 4.18. The second kappa shape index (κ2) is 6.28. The van der Waals surface area contributed by atoms with Gasteiger partial charge in [-0.25, -0.2) is 4.79 Å². The first-order valence-corrected chi connectivity index (χ1v) is 7.59. The maximum atomic E-state index is 12.2. The molecule has 3 rings (SSSR count). The molecule has 2 aromatic rings. The smallest absolute Gasteiger partial charge is 0.343 e. The SMILES string of the molecule is Cc1ncc(C2CCCN2C)cc1OC(=O)c1ccccc1. The van der Waals surface area contributed by atoms with E-state index in [9.17, 15) is 4.79 Å². The van der Waals surface area contributed by atoms with E-state index in [4.69, 9.17) is 4.74 Å². The maximum Gasteiger partial charge on any atom is 0.343 e. The monoisotopic (exact) mass is 296 g/mol. The third kappa shape index (κ3) is 3.02. The van der Waals surface area contributed by atoms with Crippen LogP contribution in [0.25, 0.3) is 0 Å². The predicted molar refractivity (Wildman–Crippen MR) is 85.0 cm³/mol. The number of carbonyl (C=O) groups excluding carboxylic acids is 1. The Morgan fingerprint density at radius 2 is 2.09 bits per heavy atom. The van der Waals surface area contributed by atoms with E-state index in [0.29, 0.717) is 17.4 Å². The highest BCUT2D eigenvalue weighted by Gasteiger charge is 2.24. The van der Waals surface area contributed by atoms with Crippen molar-refractivity contribution in [3.63, 3.8) is 0 Å². The topological polar surface area (TPSA) is 42.4 Å². The summed E-state index contributed by atoms with van der Waals surface area (Å²) < 4.78 is 5.55. The lowest BCUT2D eigenvalue weighted by molar-refractivity contribution is 0.0732. The van der Waals surface area contributed by atoms with Crippen LogP contribution in [0.15, 0.2) is 42.6 Å². The number of benzene rings is 1. The maximum absolute atomic E-state index is 12.2. The minimum Gasteiger partial charge on any atom is -0.421 e. The van der Waals surface area contributed by atoms with E-state index in [-0.39, 0.29) is 5.97 Å². The fraction of sp³-hybridized carbons (Fsp3) is 0.333. The third-order valence-corrected chi connectivity index (χ3v) is 4.18. The predicted octanol–water partition coefficient (Wildman–Crippen LogP) is 3.38. The van der Waals surface area contributed by atoms with E-state index < -0.39 is 0 Å². The summed E-state index contributed by atoms with van der Waals surface area (Å²) in [7, 11) is 2.12. The summed E-state index contributed by atoms with van der Waals surface area (Å²) in [5.41, 5.74) is 2.39. The fourth-order valence-electron chi connectivity index (χ4n) is 2.88. The molecule has 0 spiro atoms. The van der Waals surface area contributed by atoms with Gasteiger partial charge in [0.25, 0.3) is 0 Å². The van der Waals surface area contributed by atoms with Crippen LogP contribution in [-0.2, 0) is 0 Å². The lowest BCUT2D eigenvalue weighted by Crippen LogP contribution is -2.18. The van der Waals surface area contributed by atoms with Crippen molar-refractivity contribution in [2.75, 3.05) is 13.6 Å². The van der Waals surface area contributed by atoms with Crippen molar-refractivity contribution in [1.29, 1.82) is 0 Å². The number of rotatable bonds is 3. The quantitative estimate of drug-likeness (QED) is 0.814. The Kier molecular flexibility index (Phi) is 4.20. The van der Waals surface area contributed by atoms with Gasteiger partial charge in [0.2, 0.25) is 0 Å². The molecule has 0 amide bonds. The lowest BCUT2D eigenvalue weighted by atomic mass is 10.1.